The van der Waals surface area contributed by atoms with Crippen LogP contribution in [0.4, 0.5) is 5.69 Å². The van der Waals surface area contributed by atoms with Gasteiger partial charge in [-0.3, -0.25) is 9.59 Å². The maximum atomic E-state index is 12.9. The highest BCUT2D eigenvalue weighted by atomic mass is 35.5. The number of nitrogens with one attached hydrogen (secondary N) is 1. The number of likely N-dealkylation sites (tertiary alicyclic amines) is 1. The summed E-state index contributed by atoms with van der Waals surface area (Å²) >= 11 is 6.12. The number of fused-ring (bicyclic) bond motifs is 1. The van der Waals surface area contributed by atoms with Crippen molar-refractivity contribution >= 4 is 40.0 Å². The van der Waals surface area contributed by atoms with E-state index in [1.807, 2.05) is 40.7 Å². The minimum atomic E-state index is -0.178. The van der Waals surface area contributed by atoms with Gasteiger partial charge in [-0.2, -0.15) is 0 Å². The largest absolute Gasteiger partial charge is 0.339 e. The Morgan fingerprint density at radius 3 is 2.61 bits per heavy atom. The van der Waals surface area contributed by atoms with Crippen molar-refractivity contribution in [3.8, 4) is 0 Å². The number of halogens is 1. The number of benzene rings is 2. The molecule has 0 spiro atoms. The van der Waals surface area contributed by atoms with Crippen LogP contribution in [0, 0.1) is 6.92 Å². The number of para-hydroxylation sites is 1. The van der Waals surface area contributed by atoms with E-state index in [0.29, 0.717) is 16.3 Å². The molecule has 1 fully saturated rings. The van der Waals surface area contributed by atoms with Crippen LogP contribution in [0.5, 0.6) is 0 Å². The number of aromatic nitrogens is 1. The summed E-state index contributed by atoms with van der Waals surface area (Å²) in [6.07, 6.45) is 2.02. The van der Waals surface area contributed by atoms with Crippen molar-refractivity contribution < 1.29 is 9.59 Å². The molecule has 1 N–H and O–H groups in total. The molecule has 0 aliphatic carbocycles. The van der Waals surface area contributed by atoms with E-state index in [2.05, 4.69) is 11.4 Å². The molecule has 4 rings (SSSR count). The average Bonchev–Trinajstić information content (AvgIpc) is 3.31. The third kappa shape index (κ3) is 3.62. The monoisotopic (exact) mass is 395 g/mol. The molecular weight excluding hydrogens is 374 g/mol. The fourth-order valence-electron chi connectivity index (χ4n) is 3.78. The minimum Gasteiger partial charge on any atom is -0.339 e. The lowest BCUT2D eigenvalue weighted by Gasteiger charge is -2.18. The first-order valence-corrected chi connectivity index (χ1v) is 9.84. The van der Waals surface area contributed by atoms with E-state index < -0.39 is 0 Å². The van der Waals surface area contributed by atoms with Gasteiger partial charge in [0.05, 0.1) is 11.3 Å². The first kappa shape index (κ1) is 18.6. The number of carbonyl (C=O) groups excluding carboxylic acids is 2. The zero-order valence-corrected chi connectivity index (χ0v) is 16.5. The lowest BCUT2D eigenvalue weighted by atomic mass is 10.1. The number of aryl methyl sites for hydroxylation is 1. The van der Waals surface area contributed by atoms with Crippen LogP contribution in [0.3, 0.4) is 0 Å². The summed E-state index contributed by atoms with van der Waals surface area (Å²) in [5.41, 5.74) is 2.97. The molecule has 144 valence electrons. The molecule has 0 radical (unpaired) electrons. The van der Waals surface area contributed by atoms with Crippen LogP contribution in [-0.2, 0) is 11.3 Å². The van der Waals surface area contributed by atoms with E-state index >= 15 is 0 Å². The Labute approximate surface area is 168 Å². The predicted octanol–water partition coefficient (Wildman–Crippen LogP) is 4.48. The van der Waals surface area contributed by atoms with Gasteiger partial charge in [-0.15, -0.1) is 0 Å². The summed E-state index contributed by atoms with van der Waals surface area (Å²) < 4.78 is 1.97. The Hall–Kier alpha value is -2.79. The fraction of sp³-hybridized carbons (Fsp3) is 0.273. The Bertz CT molecular complexity index is 1050. The zero-order chi connectivity index (χ0) is 19.7. The number of rotatable bonds is 4. The average molecular weight is 396 g/mol. The highest BCUT2D eigenvalue weighted by molar-refractivity contribution is 6.31. The summed E-state index contributed by atoms with van der Waals surface area (Å²) in [6, 6.07) is 15.1. The van der Waals surface area contributed by atoms with Gasteiger partial charge in [0.25, 0.3) is 5.91 Å². The maximum absolute atomic E-state index is 12.9. The van der Waals surface area contributed by atoms with Gasteiger partial charge < -0.3 is 14.8 Å². The highest BCUT2D eigenvalue weighted by Crippen LogP contribution is 2.25. The van der Waals surface area contributed by atoms with Gasteiger partial charge in [-0.25, -0.2) is 0 Å². The smallest absolute Gasteiger partial charge is 0.256 e. The fourth-order valence-corrected chi connectivity index (χ4v) is 3.96. The number of hydrogen-bond acceptors (Lipinski definition) is 2. The lowest BCUT2D eigenvalue weighted by Crippen LogP contribution is -2.29. The number of amides is 2. The summed E-state index contributed by atoms with van der Waals surface area (Å²) in [5, 5.41) is 4.49. The molecule has 5 nitrogen and oxygen atoms in total. The standard InChI is InChI=1S/C22H22ClN3O2/c1-15-12-16-6-2-3-7-20(16)26(15)14-21(27)24-19-9-8-17(23)13-18(19)22(28)25-10-4-5-11-25/h2-3,6-9,12-13H,4-5,10-11,14H2,1H3,(H,24,27). The summed E-state index contributed by atoms with van der Waals surface area (Å²) in [4.78, 5) is 27.4. The molecule has 3 aromatic rings. The van der Waals surface area contributed by atoms with Crippen LogP contribution in [-0.4, -0.2) is 34.4 Å². The SMILES string of the molecule is Cc1cc2ccccc2n1CC(=O)Nc1ccc(Cl)cc1C(=O)N1CCCC1. The highest BCUT2D eigenvalue weighted by Gasteiger charge is 2.23. The van der Waals surface area contributed by atoms with Crippen LogP contribution in [0.1, 0.15) is 28.9 Å². The Morgan fingerprint density at radius 2 is 1.82 bits per heavy atom. The summed E-state index contributed by atoms with van der Waals surface area (Å²) in [7, 11) is 0. The molecule has 1 saturated heterocycles. The molecule has 1 aromatic heterocycles. The van der Waals surface area contributed by atoms with Crippen LogP contribution in [0.25, 0.3) is 10.9 Å². The van der Waals surface area contributed by atoms with E-state index in [1.165, 1.54) is 0 Å². The van der Waals surface area contributed by atoms with Crippen molar-refractivity contribution in [3.05, 3.63) is 64.8 Å². The Kier molecular flexibility index (Phi) is 5.09. The Morgan fingerprint density at radius 1 is 1.07 bits per heavy atom. The van der Waals surface area contributed by atoms with Crippen LogP contribution < -0.4 is 5.32 Å². The second-order valence-electron chi connectivity index (χ2n) is 7.17. The normalized spacial score (nSPS) is 13.9. The van der Waals surface area contributed by atoms with Gasteiger partial charge >= 0.3 is 0 Å². The third-order valence-electron chi connectivity index (χ3n) is 5.20. The van der Waals surface area contributed by atoms with Gasteiger partial charge in [0, 0.05) is 29.3 Å². The molecular formula is C22H22ClN3O2. The van der Waals surface area contributed by atoms with E-state index in [4.69, 9.17) is 11.6 Å². The first-order chi connectivity index (χ1) is 13.5. The molecule has 1 aliphatic rings. The molecule has 0 saturated carbocycles. The molecule has 28 heavy (non-hydrogen) atoms. The molecule has 6 heteroatoms. The van der Waals surface area contributed by atoms with E-state index in [-0.39, 0.29) is 18.4 Å². The van der Waals surface area contributed by atoms with Crippen molar-refractivity contribution in [1.82, 2.24) is 9.47 Å². The number of carbonyl (C=O) groups is 2. The number of nitrogens with zero attached hydrogens (tertiary/aromatic N) is 2. The van der Waals surface area contributed by atoms with Gasteiger partial charge in [0.15, 0.2) is 0 Å². The van der Waals surface area contributed by atoms with Gasteiger partial charge in [-0.05, 0) is 55.5 Å². The maximum Gasteiger partial charge on any atom is 0.256 e. The number of anilines is 1. The van der Waals surface area contributed by atoms with Gasteiger partial charge in [0.1, 0.15) is 6.54 Å². The second-order valence-corrected chi connectivity index (χ2v) is 7.60. The topological polar surface area (TPSA) is 54.3 Å². The minimum absolute atomic E-state index is 0.0853. The molecule has 1 aliphatic heterocycles. The van der Waals surface area contributed by atoms with Gasteiger partial charge in [-0.1, -0.05) is 29.8 Å². The van der Waals surface area contributed by atoms with Crippen LogP contribution in [0.2, 0.25) is 5.02 Å². The molecule has 0 atom stereocenters. The lowest BCUT2D eigenvalue weighted by molar-refractivity contribution is -0.116. The van der Waals surface area contributed by atoms with E-state index in [1.54, 1.807) is 18.2 Å². The van der Waals surface area contributed by atoms with Crippen molar-refractivity contribution in [2.24, 2.45) is 0 Å². The van der Waals surface area contributed by atoms with Gasteiger partial charge in [0.2, 0.25) is 5.91 Å². The van der Waals surface area contributed by atoms with Crippen molar-refractivity contribution in [1.29, 1.82) is 0 Å². The van der Waals surface area contributed by atoms with Crippen molar-refractivity contribution in [3.63, 3.8) is 0 Å². The third-order valence-corrected chi connectivity index (χ3v) is 5.43. The first-order valence-electron chi connectivity index (χ1n) is 9.46. The number of hydrogen-bond donors (Lipinski definition) is 1. The molecule has 0 bridgehead atoms. The molecule has 2 aromatic carbocycles. The molecule has 2 amide bonds. The quantitative estimate of drug-likeness (QED) is 0.708. The van der Waals surface area contributed by atoms with Crippen molar-refractivity contribution in [2.45, 2.75) is 26.3 Å². The van der Waals surface area contributed by atoms with Crippen molar-refractivity contribution in [2.75, 3.05) is 18.4 Å². The molecule has 2 heterocycles. The zero-order valence-electron chi connectivity index (χ0n) is 15.7. The van der Waals surface area contributed by atoms with Crippen LogP contribution >= 0.6 is 11.6 Å². The second kappa shape index (κ2) is 7.68. The Balaban J connectivity index is 1.57. The summed E-state index contributed by atoms with van der Waals surface area (Å²) in [6.45, 7) is 3.65. The van der Waals surface area contributed by atoms with Crippen LogP contribution in [0.15, 0.2) is 48.5 Å². The predicted molar refractivity (Wildman–Crippen MR) is 112 cm³/mol. The van der Waals surface area contributed by atoms with E-state index in [9.17, 15) is 9.59 Å². The molecule has 0 unspecified atom stereocenters. The summed E-state index contributed by atoms with van der Waals surface area (Å²) in [5.74, 6) is -0.264. The van der Waals surface area contributed by atoms with E-state index in [0.717, 1.165) is 42.5 Å².